The summed E-state index contributed by atoms with van der Waals surface area (Å²) in [6, 6.07) is 5.71. The van der Waals surface area contributed by atoms with Crippen LogP contribution in [0.4, 0.5) is 0 Å². The van der Waals surface area contributed by atoms with E-state index in [1.165, 1.54) is 0 Å². The van der Waals surface area contributed by atoms with Crippen LogP contribution in [0.15, 0.2) is 12.1 Å². The third kappa shape index (κ3) is 3.19. The third-order valence-electron chi connectivity index (χ3n) is 4.29. The number of nitrogens with zero attached hydrogens (tertiary/aromatic N) is 3. The molecule has 0 aromatic carbocycles. The van der Waals surface area contributed by atoms with E-state index < -0.39 is 5.54 Å². The number of aryl methyl sites for hydroxylation is 1. The molecule has 1 aliphatic rings. The van der Waals surface area contributed by atoms with E-state index in [0.29, 0.717) is 17.1 Å². The van der Waals surface area contributed by atoms with Crippen LogP contribution in [0.2, 0.25) is 5.15 Å². The minimum atomic E-state index is -0.683. The summed E-state index contributed by atoms with van der Waals surface area (Å²) < 4.78 is 0. The Morgan fingerprint density at radius 1 is 1.43 bits per heavy atom. The number of rotatable bonds is 3. The molecule has 1 fully saturated rings. The minimum absolute atomic E-state index is 0.155. The van der Waals surface area contributed by atoms with Crippen molar-refractivity contribution in [3.63, 3.8) is 0 Å². The predicted molar refractivity (Wildman–Crippen MR) is 82.1 cm³/mol. The van der Waals surface area contributed by atoms with Gasteiger partial charge in [-0.25, -0.2) is 4.98 Å². The van der Waals surface area contributed by atoms with Crippen LogP contribution in [-0.4, -0.2) is 28.4 Å². The molecule has 4 nitrogen and oxygen atoms in total. The molecule has 5 heteroatoms. The predicted octanol–water partition coefficient (Wildman–Crippen LogP) is 3.60. The monoisotopic (exact) mass is 305 g/mol. The van der Waals surface area contributed by atoms with Crippen molar-refractivity contribution in [2.45, 2.75) is 51.0 Å². The van der Waals surface area contributed by atoms with Crippen molar-refractivity contribution in [1.29, 1.82) is 5.26 Å². The van der Waals surface area contributed by atoms with Crippen LogP contribution >= 0.6 is 11.6 Å². The molecule has 1 aromatic heterocycles. The van der Waals surface area contributed by atoms with Gasteiger partial charge >= 0.3 is 0 Å². The average Bonchev–Trinajstić information content (AvgIpc) is 2.53. The van der Waals surface area contributed by atoms with Crippen molar-refractivity contribution >= 4 is 17.5 Å². The number of carbonyl (C=O) groups excluding carboxylic acids is 1. The van der Waals surface area contributed by atoms with E-state index in [0.717, 1.165) is 37.8 Å². The van der Waals surface area contributed by atoms with Gasteiger partial charge in [0.25, 0.3) is 5.91 Å². The van der Waals surface area contributed by atoms with Gasteiger partial charge in [0.1, 0.15) is 10.7 Å². The average molecular weight is 306 g/mol. The van der Waals surface area contributed by atoms with Crippen molar-refractivity contribution in [2.24, 2.45) is 0 Å². The summed E-state index contributed by atoms with van der Waals surface area (Å²) in [5.74, 6) is -0.155. The summed E-state index contributed by atoms with van der Waals surface area (Å²) in [7, 11) is 1.72. The molecule has 0 atom stereocenters. The number of nitriles is 1. The van der Waals surface area contributed by atoms with Gasteiger partial charge in [-0.2, -0.15) is 5.26 Å². The van der Waals surface area contributed by atoms with E-state index >= 15 is 0 Å². The molecular weight excluding hydrogens is 286 g/mol. The molecule has 21 heavy (non-hydrogen) atoms. The van der Waals surface area contributed by atoms with E-state index in [2.05, 4.69) is 11.1 Å². The molecule has 0 saturated heterocycles. The van der Waals surface area contributed by atoms with Crippen molar-refractivity contribution in [2.75, 3.05) is 7.05 Å². The molecule has 112 valence electrons. The van der Waals surface area contributed by atoms with Gasteiger partial charge < -0.3 is 4.90 Å². The van der Waals surface area contributed by atoms with Crippen LogP contribution in [0.5, 0.6) is 0 Å². The molecule has 0 N–H and O–H groups in total. The van der Waals surface area contributed by atoms with Crippen LogP contribution in [0.3, 0.4) is 0 Å². The third-order valence-corrected chi connectivity index (χ3v) is 4.49. The van der Waals surface area contributed by atoms with Gasteiger partial charge in [-0.05, 0) is 31.4 Å². The highest BCUT2D eigenvalue weighted by molar-refractivity contribution is 6.29. The summed E-state index contributed by atoms with van der Waals surface area (Å²) in [5.41, 5.74) is 0.612. The Hall–Kier alpha value is -1.60. The van der Waals surface area contributed by atoms with Crippen LogP contribution in [0, 0.1) is 11.3 Å². The second-order valence-corrected chi connectivity index (χ2v) is 5.98. The molecule has 1 aliphatic carbocycles. The quantitative estimate of drug-likeness (QED) is 0.802. The molecule has 1 aromatic rings. The molecule has 1 heterocycles. The first-order valence-corrected chi connectivity index (χ1v) is 7.76. The lowest BCUT2D eigenvalue weighted by Gasteiger charge is -2.39. The number of halogens is 1. The number of pyridine rings is 1. The first kappa shape index (κ1) is 15.8. The van der Waals surface area contributed by atoms with Crippen molar-refractivity contribution in [3.8, 4) is 6.07 Å². The zero-order chi connectivity index (χ0) is 15.5. The van der Waals surface area contributed by atoms with Crippen LogP contribution < -0.4 is 0 Å². The van der Waals surface area contributed by atoms with Gasteiger partial charge in [0.2, 0.25) is 0 Å². The summed E-state index contributed by atoms with van der Waals surface area (Å²) in [6.07, 6.45) is 5.31. The Bertz CT molecular complexity index is 573. The van der Waals surface area contributed by atoms with Gasteiger partial charge in [-0.15, -0.1) is 0 Å². The first-order chi connectivity index (χ1) is 10.0. The fraction of sp³-hybridized carbons (Fsp3) is 0.562. The first-order valence-electron chi connectivity index (χ1n) is 7.38. The van der Waals surface area contributed by atoms with Crippen LogP contribution in [0.25, 0.3) is 0 Å². The van der Waals surface area contributed by atoms with Crippen LogP contribution in [0.1, 0.15) is 55.1 Å². The maximum absolute atomic E-state index is 12.7. The molecule has 0 aliphatic heterocycles. The fourth-order valence-electron chi connectivity index (χ4n) is 2.90. The lowest BCUT2D eigenvalue weighted by atomic mass is 9.81. The number of amides is 1. The van der Waals surface area contributed by atoms with Gasteiger partial charge in [0.05, 0.1) is 6.07 Å². The number of hydrogen-bond donors (Lipinski definition) is 0. The number of aromatic nitrogens is 1. The molecule has 0 bridgehead atoms. The van der Waals surface area contributed by atoms with E-state index in [9.17, 15) is 10.1 Å². The Morgan fingerprint density at radius 2 is 2.10 bits per heavy atom. The van der Waals surface area contributed by atoms with Crippen molar-refractivity contribution < 1.29 is 4.79 Å². The van der Waals surface area contributed by atoms with Crippen molar-refractivity contribution in [3.05, 3.63) is 28.5 Å². The van der Waals surface area contributed by atoms with E-state index in [1.54, 1.807) is 24.1 Å². The molecule has 0 spiro atoms. The Morgan fingerprint density at radius 3 is 2.67 bits per heavy atom. The molecule has 0 unspecified atom stereocenters. The lowest BCUT2D eigenvalue weighted by Crippen LogP contribution is -2.49. The maximum Gasteiger partial charge on any atom is 0.255 e. The zero-order valence-electron chi connectivity index (χ0n) is 12.5. The zero-order valence-corrected chi connectivity index (χ0v) is 13.3. The summed E-state index contributed by atoms with van der Waals surface area (Å²) in [6.45, 7) is 1.97. The summed E-state index contributed by atoms with van der Waals surface area (Å²) in [5, 5.41) is 9.90. The second-order valence-electron chi connectivity index (χ2n) is 5.59. The van der Waals surface area contributed by atoms with Gasteiger partial charge in [0.15, 0.2) is 0 Å². The lowest BCUT2D eigenvalue weighted by molar-refractivity contribution is 0.0589. The SMILES string of the molecule is CCc1cc(C(=O)N(C)C2(C#N)CCCCC2)cc(Cl)n1. The van der Waals surface area contributed by atoms with Gasteiger partial charge in [0, 0.05) is 18.3 Å². The topological polar surface area (TPSA) is 57.0 Å². The van der Waals surface area contributed by atoms with Gasteiger partial charge in [-0.1, -0.05) is 37.8 Å². The molecule has 2 rings (SSSR count). The minimum Gasteiger partial charge on any atom is -0.323 e. The molecule has 0 radical (unpaired) electrons. The smallest absolute Gasteiger partial charge is 0.255 e. The summed E-state index contributed by atoms with van der Waals surface area (Å²) >= 11 is 5.99. The fourth-order valence-corrected chi connectivity index (χ4v) is 3.13. The Labute approximate surface area is 130 Å². The summed E-state index contributed by atoms with van der Waals surface area (Å²) in [4.78, 5) is 18.5. The van der Waals surface area contributed by atoms with E-state index in [-0.39, 0.29) is 5.91 Å². The normalized spacial score (nSPS) is 17.0. The number of carbonyl (C=O) groups is 1. The standard InChI is InChI=1S/C16H20ClN3O/c1-3-13-9-12(10-14(17)19-13)15(21)20(2)16(11-18)7-5-4-6-8-16/h9-10H,3-8H2,1-2H3. The number of hydrogen-bond acceptors (Lipinski definition) is 3. The second kappa shape index (κ2) is 6.44. The van der Waals surface area contributed by atoms with Gasteiger partial charge in [-0.3, -0.25) is 4.79 Å². The molecular formula is C16H20ClN3O. The van der Waals surface area contributed by atoms with E-state index in [1.807, 2.05) is 6.92 Å². The Balaban J connectivity index is 2.30. The molecule has 1 amide bonds. The maximum atomic E-state index is 12.7. The van der Waals surface area contributed by atoms with E-state index in [4.69, 9.17) is 11.6 Å². The highest BCUT2D eigenvalue weighted by atomic mass is 35.5. The van der Waals surface area contributed by atoms with Crippen LogP contribution in [-0.2, 0) is 6.42 Å². The highest BCUT2D eigenvalue weighted by Gasteiger charge is 2.39. The highest BCUT2D eigenvalue weighted by Crippen LogP contribution is 2.33. The molecule has 1 saturated carbocycles. The largest absolute Gasteiger partial charge is 0.323 e. The Kier molecular flexibility index (Phi) is 4.84. The van der Waals surface area contributed by atoms with Crippen molar-refractivity contribution in [1.82, 2.24) is 9.88 Å².